The van der Waals surface area contributed by atoms with E-state index in [9.17, 15) is 29.8 Å². The van der Waals surface area contributed by atoms with Crippen molar-refractivity contribution in [2.24, 2.45) is 17.8 Å². The van der Waals surface area contributed by atoms with Crippen molar-refractivity contribution in [2.45, 2.75) is 64.8 Å². The van der Waals surface area contributed by atoms with E-state index in [2.05, 4.69) is 13.0 Å². The second-order valence-corrected chi connectivity index (χ2v) is 11.1. The van der Waals surface area contributed by atoms with E-state index in [4.69, 9.17) is 4.65 Å². The van der Waals surface area contributed by atoms with Crippen LogP contribution in [0.2, 0.25) is 6.32 Å². The number of nitro groups is 1. The Morgan fingerprint density at radius 3 is 2.56 bits per heavy atom. The normalized spacial score (nSPS) is 24.5. The first-order valence-corrected chi connectivity index (χ1v) is 14.4. The SMILES string of the molecule is CCC/C(=C\c1ccc(O)cc1)CC[C@H]1OB(O)C[C@H]2C1=C(CC)C[C@H]1C(=O)N(c3cccc([N+](=O)[O-])c3)C(=O)[C@H]12. The number of anilines is 1. The number of nitro benzene ring substituents is 1. The summed E-state index contributed by atoms with van der Waals surface area (Å²) in [5.74, 6) is -2.05. The van der Waals surface area contributed by atoms with Gasteiger partial charge < -0.3 is 14.8 Å². The number of imide groups is 1. The van der Waals surface area contributed by atoms with E-state index < -0.39 is 23.9 Å². The topological polar surface area (TPSA) is 130 Å². The number of hydrogen-bond donors (Lipinski definition) is 2. The molecule has 0 radical (unpaired) electrons. The van der Waals surface area contributed by atoms with Crippen molar-refractivity contribution in [3.8, 4) is 5.75 Å². The van der Waals surface area contributed by atoms with Gasteiger partial charge in [0.2, 0.25) is 11.8 Å². The van der Waals surface area contributed by atoms with Crippen LogP contribution in [-0.2, 0) is 14.2 Å². The molecule has 2 amide bonds. The molecule has 9 nitrogen and oxygen atoms in total. The summed E-state index contributed by atoms with van der Waals surface area (Å²) in [6.45, 7) is 4.16. The van der Waals surface area contributed by atoms with E-state index >= 15 is 0 Å². The number of nitrogens with zero attached hydrogens (tertiary/aromatic N) is 2. The molecule has 0 unspecified atom stereocenters. The van der Waals surface area contributed by atoms with Crippen LogP contribution in [0.25, 0.3) is 6.08 Å². The van der Waals surface area contributed by atoms with Crippen LogP contribution in [0.4, 0.5) is 11.4 Å². The van der Waals surface area contributed by atoms with Crippen LogP contribution in [0.5, 0.6) is 5.75 Å². The predicted molar refractivity (Wildman–Crippen MR) is 156 cm³/mol. The minimum atomic E-state index is -1.06. The van der Waals surface area contributed by atoms with Gasteiger partial charge >= 0.3 is 7.12 Å². The van der Waals surface area contributed by atoms with Gasteiger partial charge in [-0.1, -0.05) is 55.7 Å². The summed E-state index contributed by atoms with van der Waals surface area (Å²) in [6.07, 6.45) is 6.34. The number of non-ortho nitro benzene ring substituents is 1. The molecule has 0 saturated carbocycles. The molecule has 5 rings (SSSR count). The van der Waals surface area contributed by atoms with Crippen molar-refractivity contribution < 1.29 is 29.3 Å². The van der Waals surface area contributed by atoms with Gasteiger partial charge in [0.1, 0.15) is 5.75 Å². The number of aromatic hydroxyl groups is 1. The van der Waals surface area contributed by atoms with Gasteiger partial charge in [0.05, 0.1) is 28.6 Å². The maximum absolute atomic E-state index is 13.8. The summed E-state index contributed by atoms with van der Waals surface area (Å²) in [4.78, 5) is 39.4. The van der Waals surface area contributed by atoms with E-state index in [1.165, 1.54) is 23.8 Å². The first-order chi connectivity index (χ1) is 19.7. The van der Waals surface area contributed by atoms with Gasteiger partial charge in [-0.2, -0.15) is 0 Å². The summed E-state index contributed by atoms with van der Waals surface area (Å²) in [5, 5.41) is 31.8. The molecule has 2 aromatic rings. The number of benzene rings is 2. The first kappa shape index (κ1) is 28.8. The number of carbonyl (C=O) groups excluding carboxylic acids is 2. The Morgan fingerprint density at radius 1 is 1.12 bits per heavy atom. The fraction of sp³-hybridized carbons (Fsp3) is 0.419. The lowest BCUT2D eigenvalue weighted by Gasteiger charge is -2.43. The number of phenolic OH excluding ortho intramolecular Hbond substituents is 1. The number of fused-ring (bicyclic) bond motifs is 3. The minimum Gasteiger partial charge on any atom is -0.508 e. The molecule has 0 spiro atoms. The predicted octanol–water partition coefficient (Wildman–Crippen LogP) is 5.68. The molecule has 10 heteroatoms. The average molecular weight is 558 g/mol. The van der Waals surface area contributed by atoms with Gasteiger partial charge in [0, 0.05) is 12.1 Å². The fourth-order valence-electron chi connectivity index (χ4n) is 6.82. The van der Waals surface area contributed by atoms with Gasteiger partial charge in [-0.25, -0.2) is 4.90 Å². The molecule has 0 bridgehead atoms. The highest BCUT2D eigenvalue weighted by molar-refractivity contribution is 6.43. The zero-order chi connectivity index (χ0) is 29.3. The van der Waals surface area contributed by atoms with Crippen LogP contribution in [0.3, 0.4) is 0 Å². The van der Waals surface area contributed by atoms with E-state index in [1.807, 2.05) is 19.1 Å². The molecule has 2 heterocycles. The quantitative estimate of drug-likeness (QED) is 0.133. The minimum absolute atomic E-state index is 0.184. The highest BCUT2D eigenvalue weighted by Crippen LogP contribution is 2.52. The lowest BCUT2D eigenvalue weighted by Crippen LogP contribution is -2.46. The number of rotatable bonds is 9. The molecule has 2 saturated heterocycles. The lowest BCUT2D eigenvalue weighted by molar-refractivity contribution is -0.384. The van der Waals surface area contributed by atoms with Crippen molar-refractivity contribution in [1.29, 1.82) is 0 Å². The molecule has 4 atom stereocenters. The van der Waals surface area contributed by atoms with Crippen molar-refractivity contribution in [1.82, 2.24) is 0 Å². The molecular formula is C31H35BN2O7. The second-order valence-electron chi connectivity index (χ2n) is 11.1. The summed E-state index contributed by atoms with van der Waals surface area (Å²) in [7, 11) is -1.06. The van der Waals surface area contributed by atoms with Crippen molar-refractivity contribution in [3.63, 3.8) is 0 Å². The van der Waals surface area contributed by atoms with E-state index in [1.54, 1.807) is 18.2 Å². The van der Waals surface area contributed by atoms with Crippen molar-refractivity contribution in [3.05, 3.63) is 80.9 Å². The Kier molecular flexibility index (Phi) is 8.42. The van der Waals surface area contributed by atoms with Gasteiger partial charge in [0.25, 0.3) is 5.69 Å². The zero-order valence-corrected chi connectivity index (χ0v) is 23.4. The summed E-state index contributed by atoms with van der Waals surface area (Å²) in [5.41, 5.74) is 4.37. The van der Waals surface area contributed by atoms with Crippen LogP contribution in [0, 0.1) is 27.9 Å². The molecule has 41 heavy (non-hydrogen) atoms. The molecule has 2 aromatic carbocycles. The largest absolute Gasteiger partial charge is 0.508 e. The molecule has 2 aliphatic heterocycles. The molecule has 1 aliphatic carbocycles. The van der Waals surface area contributed by atoms with Gasteiger partial charge in [-0.15, -0.1) is 0 Å². The van der Waals surface area contributed by atoms with Crippen molar-refractivity contribution in [2.75, 3.05) is 4.90 Å². The van der Waals surface area contributed by atoms with Gasteiger partial charge in [0.15, 0.2) is 0 Å². The summed E-state index contributed by atoms with van der Waals surface area (Å²) >= 11 is 0. The third kappa shape index (κ3) is 5.71. The second kappa shape index (κ2) is 12.0. The molecule has 214 valence electrons. The van der Waals surface area contributed by atoms with Crippen LogP contribution in [0.1, 0.15) is 57.9 Å². The molecule has 0 aromatic heterocycles. The third-order valence-corrected chi connectivity index (χ3v) is 8.60. The number of amides is 2. The highest BCUT2D eigenvalue weighted by atomic mass is 16.6. The summed E-state index contributed by atoms with van der Waals surface area (Å²) < 4.78 is 6.10. The molecule has 2 N–H and O–H groups in total. The third-order valence-electron chi connectivity index (χ3n) is 8.60. The van der Waals surface area contributed by atoms with Gasteiger partial charge in [-0.3, -0.25) is 19.7 Å². The smallest absolute Gasteiger partial charge is 0.455 e. The zero-order valence-electron chi connectivity index (χ0n) is 23.4. The van der Waals surface area contributed by atoms with Crippen molar-refractivity contribution >= 4 is 36.4 Å². The monoisotopic (exact) mass is 558 g/mol. The number of phenols is 1. The first-order valence-electron chi connectivity index (χ1n) is 14.4. The van der Waals surface area contributed by atoms with E-state index in [0.29, 0.717) is 19.3 Å². The lowest BCUT2D eigenvalue weighted by atomic mass is 9.58. The number of carbonyl (C=O) groups is 2. The molecule has 2 fully saturated rings. The maximum Gasteiger partial charge on any atom is 0.455 e. The average Bonchev–Trinajstić information content (AvgIpc) is 3.21. The standard InChI is InChI=1S/C31H35BN2O7/c1-3-6-19(15-20-9-12-24(35)13-10-20)11-14-27-28-21(4-2)16-25-29(26(28)18-32(38)41-27)31(37)33(30(25)36)22-7-5-8-23(17-22)34(39)40/h5,7-10,12-13,15,17,25-27,29,35,38H,3-4,6,11,14,16,18H2,1-2H3/b19-15+/t25-,26+,27-,29-/m1/s1. The van der Waals surface area contributed by atoms with E-state index in [-0.39, 0.29) is 47.3 Å². The number of hydrogen-bond acceptors (Lipinski definition) is 7. The Hall–Kier alpha value is -3.76. The fourth-order valence-corrected chi connectivity index (χ4v) is 6.82. The van der Waals surface area contributed by atoms with Crippen LogP contribution < -0.4 is 4.90 Å². The highest BCUT2D eigenvalue weighted by Gasteiger charge is 2.57. The molecule has 3 aliphatic rings. The van der Waals surface area contributed by atoms with Crippen LogP contribution in [0.15, 0.2) is 65.3 Å². The Balaban J connectivity index is 1.42. The molecular weight excluding hydrogens is 523 g/mol. The summed E-state index contributed by atoms with van der Waals surface area (Å²) in [6, 6.07) is 12.7. The number of allylic oxidation sites excluding steroid dienone is 2. The maximum atomic E-state index is 13.8. The van der Waals surface area contributed by atoms with Crippen LogP contribution in [-0.4, -0.2) is 40.1 Å². The van der Waals surface area contributed by atoms with E-state index in [0.717, 1.165) is 40.9 Å². The van der Waals surface area contributed by atoms with Crippen LogP contribution >= 0.6 is 0 Å². The Morgan fingerprint density at radius 2 is 1.88 bits per heavy atom. The van der Waals surface area contributed by atoms with Gasteiger partial charge in [-0.05, 0) is 73.7 Å². The Bertz CT molecular complexity index is 1400. The Labute approximate surface area is 239 Å².